The quantitative estimate of drug-likeness (QED) is 0.916. The first-order valence-electron chi connectivity index (χ1n) is 6.54. The molecule has 0 aliphatic heterocycles. The molecule has 0 atom stereocenters. The lowest BCUT2D eigenvalue weighted by Gasteiger charge is -2.16. The van der Waals surface area contributed by atoms with Crippen molar-refractivity contribution in [3.63, 3.8) is 0 Å². The molecule has 0 heterocycles. The standard InChI is InChI=1S/C16H12F3NO/c17-11-3-1-10(2-4-11)16(7-8-16)15(21)20-12-5-6-13(18)14(19)9-12/h1-6,9H,7-8H2,(H,20,21). The van der Waals surface area contributed by atoms with Crippen molar-refractivity contribution in [2.75, 3.05) is 5.32 Å². The highest BCUT2D eigenvalue weighted by atomic mass is 19.2. The van der Waals surface area contributed by atoms with Crippen molar-refractivity contribution in [1.29, 1.82) is 0 Å². The maximum atomic E-state index is 13.1. The summed E-state index contributed by atoms with van der Waals surface area (Å²) in [7, 11) is 0. The fourth-order valence-corrected chi connectivity index (χ4v) is 2.37. The molecule has 0 spiro atoms. The van der Waals surface area contributed by atoms with Gasteiger partial charge < -0.3 is 5.32 Å². The lowest BCUT2D eigenvalue weighted by molar-refractivity contribution is -0.118. The molecule has 21 heavy (non-hydrogen) atoms. The Labute approximate surface area is 119 Å². The zero-order chi connectivity index (χ0) is 15.0. The highest BCUT2D eigenvalue weighted by Crippen LogP contribution is 2.49. The molecule has 108 valence electrons. The normalized spacial score (nSPS) is 15.6. The number of carbonyl (C=O) groups is 1. The zero-order valence-electron chi connectivity index (χ0n) is 11.0. The molecule has 3 rings (SSSR count). The summed E-state index contributed by atoms with van der Waals surface area (Å²) in [5, 5.41) is 2.59. The van der Waals surface area contributed by atoms with Gasteiger partial charge in [-0.3, -0.25) is 4.79 Å². The molecule has 2 nitrogen and oxygen atoms in total. The first-order chi connectivity index (χ1) is 10.0. The summed E-state index contributed by atoms with van der Waals surface area (Å²) in [5.74, 6) is -2.64. The summed E-state index contributed by atoms with van der Waals surface area (Å²) in [6, 6.07) is 8.97. The lowest BCUT2D eigenvalue weighted by Crippen LogP contribution is -2.27. The summed E-state index contributed by atoms with van der Waals surface area (Å²) in [5.41, 5.74) is 0.231. The monoisotopic (exact) mass is 291 g/mol. The van der Waals surface area contributed by atoms with Gasteiger partial charge in [-0.2, -0.15) is 0 Å². The highest BCUT2D eigenvalue weighted by molar-refractivity contribution is 6.01. The van der Waals surface area contributed by atoms with Crippen LogP contribution in [0.2, 0.25) is 0 Å². The number of benzene rings is 2. The molecular formula is C16H12F3NO. The van der Waals surface area contributed by atoms with Gasteiger partial charge in [-0.05, 0) is 42.7 Å². The summed E-state index contributed by atoms with van der Waals surface area (Å²) in [6.07, 6.45) is 1.29. The van der Waals surface area contributed by atoms with Gasteiger partial charge in [0.05, 0.1) is 5.41 Å². The molecule has 0 aromatic heterocycles. The van der Waals surface area contributed by atoms with Gasteiger partial charge in [0, 0.05) is 11.8 Å². The Balaban J connectivity index is 1.81. The van der Waals surface area contributed by atoms with Gasteiger partial charge in [-0.1, -0.05) is 12.1 Å². The van der Waals surface area contributed by atoms with E-state index in [0.29, 0.717) is 12.8 Å². The van der Waals surface area contributed by atoms with Crippen molar-refractivity contribution in [3.8, 4) is 0 Å². The van der Waals surface area contributed by atoms with Crippen molar-refractivity contribution in [3.05, 3.63) is 65.5 Å². The fraction of sp³-hybridized carbons (Fsp3) is 0.188. The third kappa shape index (κ3) is 2.51. The van der Waals surface area contributed by atoms with Crippen molar-refractivity contribution in [2.24, 2.45) is 0 Å². The molecule has 5 heteroatoms. The predicted octanol–water partition coefficient (Wildman–Crippen LogP) is 3.77. The number of anilines is 1. The molecule has 0 radical (unpaired) electrons. The van der Waals surface area contributed by atoms with E-state index in [9.17, 15) is 18.0 Å². The smallest absolute Gasteiger partial charge is 0.235 e. The van der Waals surface area contributed by atoms with E-state index in [2.05, 4.69) is 5.32 Å². The highest BCUT2D eigenvalue weighted by Gasteiger charge is 2.51. The van der Waals surface area contributed by atoms with Crippen molar-refractivity contribution >= 4 is 11.6 Å². The SMILES string of the molecule is O=C(Nc1ccc(F)c(F)c1)C1(c2ccc(F)cc2)CC1. The summed E-state index contributed by atoms with van der Waals surface area (Å²) in [6.45, 7) is 0. The number of amides is 1. The molecule has 1 N–H and O–H groups in total. The minimum Gasteiger partial charge on any atom is -0.325 e. The molecule has 1 fully saturated rings. The molecule has 2 aromatic carbocycles. The van der Waals surface area contributed by atoms with Gasteiger partial charge in [0.2, 0.25) is 5.91 Å². The molecular weight excluding hydrogens is 279 g/mol. The molecule has 1 amide bonds. The number of hydrogen-bond donors (Lipinski definition) is 1. The summed E-state index contributed by atoms with van der Waals surface area (Å²) >= 11 is 0. The minimum atomic E-state index is -1.01. The van der Waals surface area contributed by atoms with E-state index in [0.717, 1.165) is 17.7 Å². The van der Waals surface area contributed by atoms with Crippen molar-refractivity contribution < 1.29 is 18.0 Å². The van der Waals surface area contributed by atoms with E-state index in [1.807, 2.05) is 0 Å². The summed E-state index contributed by atoms with van der Waals surface area (Å²) < 4.78 is 39.0. The molecule has 1 saturated carbocycles. The van der Waals surface area contributed by atoms with E-state index in [4.69, 9.17) is 0 Å². The molecule has 1 aliphatic rings. The Bertz CT molecular complexity index is 693. The Morgan fingerprint density at radius 1 is 0.952 bits per heavy atom. The van der Waals surface area contributed by atoms with Crippen LogP contribution in [0.5, 0.6) is 0 Å². The van der Waals surface area contributed by atoms with Gasteiger partial charge in [0.25, 0.3) is 0 Å². The first-order valence-corrected chi connectivity index (χ1v) is 6.54. The van der Waals surface area contributed by atoms with Crippen LogP contribution in [0.15, 0.2) is 42.5 Å². The average Bonchev–Trinajstić information content (AvgIpc) is 3.25. The van der Waals surface area contributed by atoms with E-state index in [1.54, 1.807) is 12.1 Å². The molecule has 0 bridgehead atoms. The zero-order valence-corrected chi connectivity index (χ0v) is 11.0. The molecule has 2 aromatic rings. The van der Waals surface area contributed by atoms with Gasteiger partial charge in [-0.25, -0.2) is 13.2 Å². The Hall–Kier alpha value is -2.30. The number of nitrogens with one attached hydrogen (secondary N) is 1. The third-order valence-electron chi connectivity index (χ3n) is 3.76. The second kappa shape index (κ2) is 4.91. The third-order valence-corrected chi connectivity index (χ3v) is 3.76. The molecule has 0 saturated heterocycles. The second-order valence-corrected chi connectivity index (χ2v) is 5.17. The average molecular weight is 291 g/mol. The van der Waals surface area contributed by atoms with Crippen LogP contribution in [0.25, 0.3) is 0 Å². The largest absolute Gasteiger partial charge is 0.325 e. The second-order valence-electron chi connectivity index (χ2n) is 5.17. The molecule has 0 unspecified atom stereocenters. The first kappa shape index (κ1) is 13.7. The Kier molecular flexibility index (Phi) is 3.20. The van der Waals surface area contributed by atoms with Crippen LogP contribution < -0.4 is 5.32 Å². The van der Waals surface area contributed by atoms with Gasteiger partial charge >= 0.3 is 0 Å². The van der Waals surface area contributed by atoms with Crippen LogP contribution in [-0.2, 0) is 10.2 Å². The van der Waals surface area contributed by atoms with Crippen LogP contribution in [0.3, 0.4) is 0 Å². The van der Waals surface area contributed by atoms with Crippen LogP contribution >= 0.6 is 0 Å². The minimum absolute atomic E-state index is 0.201. The number of hydrogen-bond acceptors (Lipinski definition) is 1. The maximum absolute atomic E-state index is 13.1. The van der Waals surface area contributed by atoms with Crippen molar-refractivity contribution in [1.82, 2.24) is 0 Å². The van der Waals surface area contributed by atoms with Crippen LogP contribution in [0, 0.1) is 17.5 Å². The molecule has 1 aliphatic carbocycles. The summed E-state index contributed by atoms with van der Waals surface area (Å²) in [4.78, 5) is 12.4. The van der Waals surface area contributed by atoms with Gasteiger partial charge in [0.15, 0.2) is 11.6 Å². The Morgan fingerprint density at radius 3 is 2.19 bits per heavy atom. The van der Waals surface area contributed by atoms with Crippen LogP contribution in [0.4, 0.5) is 18.9 Å². The van der Waals surface area contributed by atoms with E-state index in [1.165, 1.54) is 18.2 Å². The topological polar surface area (TPSA) is 29.1 Å². The van der Waals surface area contributed by atoms with E-state index >= 15 is 0 Å². The van der Waals surface area contributed by atoms with Gasteiger partial charge in [-0.15, -0.1) is 0 Å². The Morgan fingerprint density at radius 2 is 1.62 bits per heavy atom. The van der Waals surface area contributed by atoms with E-state index < -0.39 is 17.0 Å². The van der Waals surface area contributed by atoms with Gasteiger partial charge in [0.1, 0.15) is 5.82 Å². The predicted molar refractivity (Wildman–Crippen MR) is 72.3 cm³/mol. The number of carbonyl (C=O) groups excluding carboxylic acids is 1. The lowest BCUT2D eigenvalue weighted by atomic mass is 9.95. The number of halogens is 3. The van der Waals surface area contributed by atoms with Crippen LogP contribution in [0.1, 0.15) is 18.4 Å². The fourth-order valence-electron chi connectivity index (χ4n) is 2.37. The number of rotatable bonds is 3. The van der Waals surface area contributed by atoms with E-state index in [-0.39, 0.29) is 17.4 Å². The van der Waals surface area contributed by atoms with Crippen molar-refractivity contribution in [2.45, 2.75) is 18.3 Å². The van der Waals surface area contributed by atoms with Crippen LogP contribution in [-0.4, -0.2) is 5.91 Å². The maximum Gasteiger partial charge on any atom is 0.235 e.